The summed E-state index contributed by atoms with van der Waals surface area (Å²) >= 11 is 0. The van der Waals surface area contributed by atoms with E-state index in [1.807, 2.05) is 12.1 Å². The Morgan fingerprint density at radius 2 is 1.85 bits per heavy atom. The molecule has 0 unspecified atom stereocenters. The van der Waals surface area contributed by atoms with E-state index in [-0.39, 0.29) is 17.4 Å². The SMILES string of the molecule is CC(C)(C)C(=O)C(=NOC(=O)N1CCCCC1)c1nc2ccccc2o1. The van der Waals surface area contributed by atoms with Crippen LogP contribution < -0.4 is 0 Å². The number of piperidine rings is 1. The molecule has 1 aliphatic rings. The summed E-state index contributed by atoms with van der Waals surface area (Å²) in [6, 6.07) is 7.18. The fraction of sp³-hybridized carbons (Fsp3) is 0.474. The third-order valence-corrected chi connectivity index (χ3v) is 4.22. The van der Waals surface area contributed by atoms with Crippen LogP contribution >= 0.6 is 0 Å². The zero-order valence-electron chi connectivity index (χ0n) is 15.3. The third kappa shape index (κ3) is 3.92. The lowest BCUT2D eigenvalue weighted by Gasteiger charge is -2.24. The fourth-order valence-corrected chi connectivity index (χ4v) is 2.73. The first-order valence-electron chi connectivity index (χ1n) is 8.81. The number of oxime groups is 1. The number of Topliss-reactive ketones (excluding diaryl/α,β-unsaturated/α-hetero) is 1. The molecular weight excluding hydrogens is 334 g/mol. The molecule has 7 heteroatoms. The first-order chi connectivity index (χ1) is 12.4. The van der Waals surface area contributed by atoms with Crippen LogP contribution in [-0.4, -0.2) is 40.6 Å². The van der Waals surface area contributed by atoms with Crippen molar-refractivity contribution in [1.29, 1.82) is 0 Å². The Labute approximate surface area is 152 Å². The van der Waals surface area contributed by atoms with Crippen LogP contribution in [0.15, 0.2) is 33.8 Å². The van der Waals surface area contributed by atoms with E-state index in [1.165, 1.54) is 0 Å². The molecule has 26 heavy (non-hydrogen) atoms. The summed E-state index contributed by atoms with van der Waals surface area (Å²) in [5, 5.41) is 3.85. The van der Waals surface area contributed by atoms with Gasteiger partial charge in [0.25, 0.3) is 5.89 Å². The average molecular weight is 357 g/mol. The molecule has 138 valence electrons. The Morgan fingerprint density at radius 1 is 1.15 bits per heavy atom. The number of rotatable bonds is 3. The second-order valence-corrected chi connectivity index (χ2v) is 7.41. The minimum absolute atomic E-state index is 0.0533. The highest BCUT2D eigenvalue weighted by atomic mass is 16.7. The maximum absolute atomic E-state index is 12.8. The van der Waals surface area contributed by atoms with Crippen LogP contribution in [0.4, 0.5) is 4.79 Å². The summed E-state index contributed by atoms with van der Waals surface area (Å²) in [4.78, 5) is 36.0. The van der Waals surface area contributed by atoms with Gasteiger partial charge in [-0.3, -0.25) is 9.63 Å². The van der Waals surface area contributed by atoms with Crippen molar-refractivity contribution in [1.82, 2.24) is 9.88 Å². The summed E-state index contributed by atoms with van der Waals surface area (Å²) in [6.45, 7) is 6.57. The molecule has 0 saturated carbocycles. The van der Waals surface area contributed by atoms with Crippen LogP contribution in [0.2, 0.25) is 0 Å². The number of hydrogen-bond acceptors (Lipinski definition) is 6. The summed E-state index contributed by atoms with van der Waals surface area (Å²) in [6.07, 6.45) is 2.43. The number of carbonyl (C=O) groups excluding carboxylic acids is 2. The number of amides is 1. The highest BCUT2D eigenvalue weighted by Crippen LogP contribution is 2.22. The average Bonchev–Trinajstić information content (AvgIpc) is 3.05. The van der Waals surface area contributed by atoms with Crippen molar-refractivity contribution < 1.29 is 18.8 Å². The number of likely N-dealkylation sites (tertiary alicyclic amines) is 1. The Morgan fingerprint density at radius 3 is 2.50 bits per heavy atom. The molecule has 2 aromatic rings. The first-order valence-corrected chi connectivity index (χ1v) is 8.81. The largest absolute Gasteiger partial charge is 0.435 e. The molecule has 1 amide bonds. The van der Waals surface area contributed by atoms with Crippen molar-refractivity contribution in [3.63, 3.8) is 0 Å². The summed E-state index contributed by atoms with van der Waals surface area (Å²) in [7, 11) is 0. The Bertz CT molecular complexity index is 809. The van der Waals surface area contributed by atoms with Crippen LogP contribution in [0, 0.1) is 5.41 Å². The quantitative estimate of drug-likeness (QED) is 0.474. The zero-order valence-corrected chi connectivity index (χ0v) is 15.3. The van der Waals surface area contributed by atoms with E-state index in [0.29, 0.717) is 24.2 Å². The molecule has 1 saturated heterocycles. The number of ketones is 1. The smallest absolute Gasteiger partial charge is 0.435 e. The van der Waals surface area contributed by atoms with Gasteiger partial charge in [-0.25, -0.2) is 9.78 Å². The normalized spacial score (nSPS) is 16.0. The van der Waals surface area contributed by atoms with E-state index in [0.717, 1.165) is 19.3 Å². The molecule has 1 aromatic carbocycles. The molecule has 0 bridgehead atoms. The zero-order chi connectivity index (χ0) is 18.7. The number of fused-ring (bicyclic) bond motifs is 1. The van der Waals surface area contributed by atoms with Crippen LogP contribution in [-0.2, 0) is 9.63 Å². The van der Waals surface area contributed by atoms with Gasteiger partial charge in [0.2, 0.25) is 5.71 Å². The van der Waals surface area contributed by atoms with Gasteiger partial charge in [-0.2, -0.15) is 0 Å². The molecule has 0 N–H and O–H groups in total. The summed E-state index contributed by atoms with van der Waals surface area (Å²) < 4.78 is 5.66. The molecule has 0 atom stereocenters. The minimum Gasteiger partial charge on any atom is -0.435 e. The van der Waals surface area contributed by atoms with Gasteiger partial charge in [0, 0.05) is 18.5 Å². The lowest BCUT2D eigenvalue weighted by Crippen LogP contribution is -2.36. The van der Waals surface area contributed by atoms with Gasteiger partial charge < -0.3 is 9.32 Å². The van der Waals surface area contributed by atoms with Gasteiger partial charge in [-0.15, -0.1) is 0 Å². The lowest BCUT2D eigenvalue weighted by atomic mass is 9.88. The molecule has 2 heterocycles. The van der Waals surface area contributed by atoms with Gasteiger partial charge >= 0.3 is 6.09 Å². The standard InChI is InChI=1S/C19H23N3O4/c1-19(2,3)16(23)15(17-20-13-9-5-6-10-14(13)25-17)21-26-18(24)22-11-7-4-8-12-22/h5-6,9-10H,4,7-8,11-12H2,1-3H3. The van der Waals surface area contributed by atoms with Crippen molar-refractivity contribution >= 4 is 28.7 Å². The Kier molecular flexibility index (Phi) is 5.06. The molecule has 1 fully saturated rings. The third-order valence-electron chi connectivity index (χ3n) is 4.22. The minimum atomic E-state index is -0.725. The van der Waals surface area contributed by atoms with E-state index in [1.54, 1.807) is 37.8 Å². The molecule has 0 radical (unpaired) electrons. The van der Waals surface area contributed by atoms with Gasteiger partial charge in [0.05, 0.1) is 0 Å². The molecule has 3 rings (SSSR count). The number of hydrogen-bond donors (Lipinski definition) is 0. The van der Waals surface area contributed by atoms with Gasteiger partial charge in [-0.05, 0) is 31.4 Å². The number of nitrogens with zero attached hydrogens (tertiary/aromatic N) is 3. The number of carbonyl (C=O) groups is 2. The lowest BCUT2D eigenvalue weighted by molar-refractivity contribution is -0.119. The van der Waals surface area contributed by atoms with E-state index >= 15 is 0 Å². The van der Waals surface area contributed by atoms with Gasteiger partial charge in [0.1, 0.15) is 5.52 Å². The van der Waals surface area contributed by atoms with E-state index < -0.39 is 11.5 Å². The van der Waals surface area contributed by atoms with Crippen molar-refractivity contribution in [2.45, 2.75) is 40.0 Å². The van der Waals surface area contributed by atoms with E-state index in [2.05, 4.69) is 10.1 Å². The maximum Gasteiger partial charge on any atom is 0.435 e. The van der Waals surface area contributed by atoms with Crippen LogP contribution in [0.3, 0.4) is 0 Å². The van der Waals surface area contributed by atoms with Crippen LogP contribution in [0.25, 0.3) is 11.1 Å². The summed E-state index contributed by atoms with van der Waals surface area (Å²) in [5.74, 6) is -0.256. The monoisotopic (exact) mass is 357 g/mol. The van der Waals surface area contributed by atoms with E-state index in [9.17, 15) is 9.59 Å². The Hall–Kier alpha value is -2.70. The number of aromatic nitrogens is 1. The highest BCUT2D eigenvalue weighted by Gasteiger charge is 2.32. The second kappa shape index (κ2) is 7.27. The molecule has 1 aromatic heterocycles. The fourth-order valence-electron chi connectivity index (χ4n) is 2.73. The molecule has 0 aliphatic carbocycles. The molecule has 7 nitrogen and oxygen atoms in total. The molecule has 1 aliphatic heterocycles. The maximum atomic E-state index is 12.8. The van der Waals surface area contributed by atoms with Crippen molar-refractivity contribution in [2.75, 3.05) is 13.1 Å². The van der Waals surface area contributed by atoms with E-state index in [4.69, 9.17) is 9.25 Å². The highest BCUT2D eigenvalue weighted by molar-refractivity contribution is 6.46. The Balaban J connectivity index is 1.90. The van der Waals surface area contributed by atoms with Crippen LogP contribution in [0.5, 0.6) is 0 Å². The predicted molar refractivity (Wildman–Crippen MR) is 96.9 cm³/mol. The number of para-hydroxylation sites is 2. The summed E-state index contributed by atoms with van der Waals surface area (Å²) in [5.41, 5.74) is 0.342. The van der Waals surface area contributed by atoms with Crippen molar-refractivity contribution in [3.8, 4) is 0 Å². The van der Waals surface area contributed by atoms with Crippen molar-refractivity contribution in [3.05, 3.63) is 30.2 Å². The molecular formula is C19H23N3O4. The topological polar surface area (TPSA) is 85.0 Å². The first kappa shape index (κ1) is 18.1. The molecule has 0 spiro atoms. The van der Waals surface area contributed by atoms with Crippen LogP contribution in [0.1, 0.15) is 45.9 Å². The second-order valence-electron chi connectivity index (χ2n) is 7.41. The number of benzene rings is 1. The van der Waals surface area contributed by atoms with Gasteiger partial charge in [0.15, 0.2) is 11.4 Å². The predicted octanol–water partition coefficient (Wildman–Crippen LogP) is 3.77. The number of oxazole rings is 1. The van der Waals surface area contributed by atoms with Gasteiger partial charge in [-0.1, -0.05) is 38.1 Å². The van der Waals surface area contributed by atoms with Crippen molar-refractivity contribution in [2.24, 2.45) is 10.6 Å².